The summed E-state index contributed by atoms with van der Waals surface area (Å²) >= 11 is 0. The van der Waals surface area contributed by atoms with Crippen molar-refractivity contribution < 1.29 is 25.0 Å². The SMILES string of the molecule is CC1C(CO)OC(n2c(=O)n(CC(=O)NO)c3c(=O)[nH]c(N)nc32)C1O. The van der Waals surface area contributed by atoms with Crippen molar-refractivity contribution >= 4 is 23.0 Å². The molecule has 4 atom stereocenters. The number of hydroxylamine groups is 1. The number of aromatic nitrogens is 4. The highest BCUT2D eigenvalue weighted by atomic mass is 16.5. The van der Waals surface area contributed by atoms with Crippen LogP contribution < -0.4 is 22.5 Å². The first-order chi connectivity index (χ1) is 12.3. The first-order valence-corrected chi connectivity index (χ1v) is 7.68. The third-order valence-corrected chi connectivity index (χ3v) is 4.42. The summed E-state index contributed by atoms with van der Waals surface area (Å²) in [5.74, 6) is -1.73. The molecule has 1 fully saturated rings. The number of anilines is 1. The number of amides is 1. The number of carbonyl (C=O) groups excluding carboxylic acids is 1. The standard InChI is InChI=1S/C13H18N6O7/c1-4-5(3-20)26-11(8(4)22)19-9-7(10(23)16-12(14)15-9)18(13(19)24)2-6(21)17-25/h4-5,8,11,20,22,25H,2-3H2,1H3,(H,17,21)(H3,14,15,16,23). The van der Waals surface area contributed by atoms with Gasteiger partial charge in [-0.05, 0) is 0 Å². The van der Waals surface area contributed by atoms with Crippen molar-refractivity contribution in [2.24, 2.45) is 5.92 Å². The molecule has 142 valence electrons. The number of nitrogens with two attached hydrogens (primary N) is 1. The van der Waals surface area contributed by atoms with Crippen LogP contribution >= 0.6 is 0 Å². The maximum Gasteiger partial charge on any atom is 0.333 e. The predicted molar refractivity (Wildman–Crippen MR) is 85.1 cm³/mol. The van der Waals surface area contributed by atoms with E-state index in [4.69, 9.17) is 15.7 Å². The van der Waals surface area contributed by atoms with E-state index >= 15 is 0 Å². The highest BCUT2D eigenvalue weighted by molar-refractivity contribution is 5.78. The second kappa shape index (κ2) is 6.53. The van der Waals surface area contributed by atoms with E-state index in [9.17, 15) is 24.6 Å². The minimum absolute atomic E-state index is 0.197. The first-order valence-electron chi connectivity index (χ1n) is 7.68. The second-order valence-electron chi connectivity index (χ2n) is 5.99. The number of ether oxygens (including phenoxy) is 1. The van der Waals surface area contributed by atoms with Gasteiger partial charge >= 0.3 is 5.69 Å². The molecule has 0 aromatic carbocycles. The lowest BCUT2D eigenvalue weighted by Crippen LogP contribution is -2.36. The topological polar surface area (TPSA) is 198 Å². The maximum absolute atomic E-state index is 12.8. The van der Waals surface area contributed by atoms with Crippen LogP contribution in [-0.2, 0) is 16.1 Å². The molecular weight excluding hydrogens is 352 g/mol. The molecule has 1 saturated heterocycles. The van der Waals surface area contributed by atoms with Crippen molar-refractivity contribution in [3.8, 4) is 0 Å². The lowest BCUT2D eigenvalue weighted by atomic mass is 10.0. The molecule has 0 spiro atoms. The molecule has 7 N–H and O–H groups in total. The Morgan fingerprint density at radius 3 is 2.73 bits per heavy atom. The molecule has 3 heterocycles. The normalized spacial score (nSPS) is 25.7. The monoisotopic (exact) mass is 370 g/mol. The summed E-state index contributed by atoms with van der Waals surface area (Å²) in [6, 6.07) is 0. The molecule has 13 nitrogen and oxygen atoms in total. The van der Waals surface area contributed by atoms with Gasteiger partial charge in [-0.25, -0.2) is 14.8 Å². The van der Waals surface area contributed by atoms with E-state index < -0.39 is 48.1 Å². The lowest BCUT2D eigenvalue weighted by molar-refractivity contribution is -0.129. The summed E-state index contributed by atoms with van der Waals surface area (Å²) in [6.07, 6.45) is -3.16. The molecule has 1 amide bonds. The van der Waals surface area contributed by atoms with Gasteiger partial charge in [0.25, 0.3) is 11.5 Å². The zero-order chi connectivity index (χ0) is 19.2. The van der Waals surface area contributed by atoms with Gasteiger partial charge in [-0.1, -0.05) is 6.92 Å². The molecule has 3 rings (SSSR count). The van der Waals surface area contributed by atoms with Gasteiger partial charge in [0, 0.05) is 5.92 Å². The van der Waals surface area contributed by atoms with Crippen LogP contribution in [0.25, 0.3) is 11.2 Å². The molecule has 0 saturated carbocycles. The number of hydrogen-bond donors (Lipinski definition) is 6. The quantitative estimate of drug-likeness (QED) is 0.238. The fraction of sp³-hybridized carbons (Fsp3) is 0.538. The number of imidazole rings is 1. The van der Waals surface area contributed by atoms with Crippen LogP contribution in [0.4, 0.5) is 5.95 Å². The summed E-state index contributed by atoms with van der Waals surface area (Å²) in [7, 11) is 0. The van der Waals surface area contributed by atoms with Gasteiger partial charge in [0.1, 0.15) is 12.6 Å². The number of aromatic amines is 1. The number of nitrogens with zero attached hydrogens (tertiary/aromatic N) is 3. The Balaban J connectivity index is 2.26. The van der Waals surface area contributed by atoms with Gasteiger partial charge in [-0.2, -0.15) is 4.98 Å². The maximum atomic E-state index is 12.8. The van der Waals surface area contributed by atoms with Gasteiger partial charge in [0.05, 0.1) is 12.7 Å². The van der Waals surface area contributed by atoms with Crippen molar-refractivity contribution in [3.05, 3.63) is 20.8 Å². The smallest absolute Gasteiger partial charge is 0.333 e. The van der Waals surface area contributed by atoms with Gasteiger partial charge in [-0.3, -0.25) is 24.3 Å². The summed E-state index contributed by atoms with van der Waals surface area (Å²) in [5, 5.41) is 28.4. The van der Waals surface area contributed by atoms with E-state index in [1.807, 2.05) is 0 Å². The average Bonchev–Trinajstić information content (AvgIpc) is 3.02. The average molecular weight is 370 g/mol. The minimum atomic E-state index is -1.25. The van der Waals surface area contributed by atoms with Crippen molar-refractivity contribution in [1.82, 2.24) is 24.6 Å². The molecule has 0 radical (unpaired) electrons. The fourth-order valence-electron chi connectivity index (χ4n) is 3.04. The van der Waals surface area contributed by atoms with E-state index in [-0.39, 0.29) is 23.7 Å². The van der Waals surface area contributed by atoms with Crippen LogP contribution in [0.5, 0.6) is 0 Å². The number of fused-ring (bicyclic) bond motifs is 1. The zero-order valence-electron chi connectivity index (χ0n) is 13.6. The van der Waals surface area contributed by atoms with Crippen LogP contribution in [0.3, 0.4) is 0 Å². The predicted octanol–water partition coefficient (Wildman–Crippen LogP) is -3.14. The van der Waals surface area contributed by atoms with Crippen LogP contribution in [0.2, 0.25) is 0 Å². The Morgan fingerprint density at radius 1 is 1.46 bits per heavy atom. The molecule has 4 unspecified atom stereocenters. The van der Waals surface area contributed by atoms with Crippen molar-refractivity contribution in [2.45, 2.75) is 31.9 Å². The van der Waals surface area contributed by atoms with Gasteiger partial charge < -0.3 is 20.7 Å². The van der Waals surface area contributed by atoms with E-state index in [1.54, 1.807) is 6.92 Å². The molecule has 0 aliphatic carbocycles. The Hall–Kier alpha value is -2.74. The first kappa shape index (κ1) is 18.1. The molecule has 0 bridgehead atoms. The molecule has 2 aromatic heterocycles. The Kier molecular flexibility index (Phi) is 4.53. The van der Waals surface area contributed by atoms with E-state index in [1.165, 1.54) is 5.48 Å². The molecule has 26 heavy (non-hydrogen) atoms. The van der Waals surface area contributed by atoms with Crippen LogP contribution in [-0.4, -0.2) is 59.2 Å². The lowest BCUT2D eigenvalue weighted by Gasteiger charge is -2.16. The zero-order valence-corrected chi connectivity index (χ0v) is 13.6. The largest absolute Gasteiger partial charge is 0.394 e. The summed E-state index contributed by atoms with van der Waals surface area (Å²) in [5.41, 5.74) is 4.78. The van der Waals surface area contributed by atoms with E-state index in [0.29, 0.717) is 0 Å². The summed E-state index contributed by atoms with van der Waals surface area (Å²) in [4.78, 5) is 42.7. The molecule has 1 aliphatic rings. The van der Waals surface area contributed by atoms with Gasteiger partial charge in [-0.15, -0.1) is 0 Å². The number of H-pyrrole nitrogens is 1. The van der Waals surface area contributed by atoms with Crippen LogP contribution in [0.1, 0.15) is 13.2 Å². The summed E-state index contributed by atoms with van der Waals surface area (Å²) in [6.45, 7) is 0.573. The van der Waals surface area contributed by atoms with Crippen LogP contribution in [0.15, 0.2) is 9.59 Å². The number of hydrogen-bond acceptors (Lipinski definition) is 9. The van der Waals surface area contributed by atoms with Crippen LogP contribution in [0, 0.1) is 5.92 Å². The molecule has 2 aromatic rings. The molecule has 1 aliphatic heterocycles. The third-order valence-electron chi connectivity index (χ3n) is 4.42. The Morgan fingerprint density at radius 2 is 2.15 bits per heavy atom. The van der Waals surface area contributed by atoms with E-state index in [2.05, 4.69) is 9.97 Å². The van der Waals surface area contributed by atoms with Gasteiger partial charge in [0.2, 0.25) is 5.95 Å². The van der Waals surface area contributed by atoms with Crippen molar-refractivity contribution in [2.75, 3.05) is 12.3 Å². The Bertz CT molecular complexity index is 962. The molecular formula is C13H18N6O7. The van der Waals surface area contributed by atoms with Crippen molar-refractivity contribution in [1.29, 1.82) is 0 Å². The highest BCUT2D eigenvalue weighted by Gasteiger charge is 2.43. The van der Waals surface area contributed by atoms with E-state index in [0.717, 1.165) is 9.13 Å². The summed E-state index contributed by atoms with van der Waals surface area (Å²) < 4.78 is 7.22. The number of aliphatic hydroxyl groups is 2. The number of carbonyl (C=O) groups is 1. The minimum Gasteiger partial charge on any atom is -0.394 e. The second-order valence-corrected chi connectivity index (χ2v) is 5.99. The highest BCUT2D eigenvalue weighted by Crippen LogP contribution is 2.34. The number of nitrogen functional groups attached to an aromatic ring is 1. The van der Waals surface area contributed by atoms with Crippen molar-refractivity contribution in [3.63, 3.8) is 0 Å². The number of rotatable bonds is 4. The Labute approximate surface area is 144 Å². The number of nitrogens with one attached hydrogen (secondary N) is 2. The molecule has 13 heteroatoms. The van der Waals surface area contributed by atoms with Gasteiger partial charge in [0.15, 0.2) is 17.4 Å². The fourth-order valence-corrected chi connectivity index (χ4v) is 3.04. The third kappa shape index (κ3) is 2.66. The number of aliphatic hydroxyl groups excluding tert-OH is 2.